The van der Waals surface area contributed by atoms with Crippen molar-refractivity contribution < 1.29 is 18.7 Å². The van der Waals surface area contributed by atoms with Crippen LogP contribution in [0.2, 0.25) is 0 Å². The molecule has 1 aromatic carbocycles. The number of nitrogens with zero attached hydrogens (tertiary/aromatic N) is 2. The van der Waals surface area contributed by atoms with Crippen LogP contribution in [0.25, 0.3) is 11.3 Å². The largest absolute Gasteiger partial charge is 0.478 e. The zero-order valence-electron chi connectivity index (χ0n) is 12.9. The standard InChI is InChI=1S/C17H17F2N3O2/c18-11-4-1-9(2-5-11)14-8-21-16(20)15(22-14)10-3-6-12(17(23)24)13(19)7-10/h3,6-9,11H,1-2,4-5H2,(H2,20,21)(H,23,24)/t9-,11+. The van der Waals surface area contributed by atoms with Crippen molar-refractivity contribution in [2.24, 2.45) is 0 Å². The van der Waals surface area contributed by atoms with Gasteiger partial charge >= 0.3 is 5.97 Å². The van der Waals surface area contributed by atoms with E-state index in [4.69, 9.17) is 10.8 Å². The average molecular weight is 333 g/mol. The van der Waals surface area contributed by atoms with Gasteiger partial charge < -0.3 is 10.8 Å². The van der Waals surface area contributed by atoms with Gasteiger partial charge in [-0.3, -0.25) is 0 Å². The predicted octanol–water partition coefficient (Wildman–Crippen LogP) is 3.56. The number of hydrogen-bond donors (Lipinski definition) is 2. The summed E-state index contributed by atoms with van der Waals surface area (Å²) in [6, 6.07) is 3.72. The lowest BCUT2D eigenvalue weighted by Gasteiger charge is -2.24. The van der Waals surface area contributed by atoms with Gasteiger partial charge in [0.2, 0.25) is 0 Å². The molecule has 0 unspecified atom stereocenters. The summed E-state index contributed by atoms with van der Waals surface area (Å²) in [7, 11) is 0. The second-order valence-electron chi connectivity index (χ2n) is 5.98. The molecular formula is C17H17F2N3O2. The van der Waals surface area contributed by atoms with E-state index in [1.54, 1.807) is 6.20 Å². The van der Waals surface area contributed by atoms with Crippen molar-refractivity contribution in [3.05, 3.63) is 41.5 Å². The molecule has 0 atom stereocenters. The molecule has 1 aliphatic rings. The number of nitrogen functional groups attached to an aromatic ring is 1. The van der Waals surface area contributed by atoms with Crippen molar-refractivity contribution in [1.29, 1.82) is 0 Å². The molecule has 3 rings (SSSR count). The van der Waals surface area contributed by atoms with Crippen LogP contribution in [0.1, 0.15) is 47.7 Å². The Balaban J connectivity index is 1.94. The van der Waals surface area contributed by atoms with Gasteiger partial charge in [0.25, 0.3) is 0 Å². The number of benzene rings is 1. The predicted molar refractivity (Wildman–Crippen MR) is 84.9 cm³/mol. The van der Waals surface area contributed by atoms with Crippen LogP contribution in [0.5, 0.6) is 0 Å². The van der Waals surface area contributed by atoms with Gasteiger partial charge in [-0.1, -0.05) is 6.07 Å². The summed E-state index contributed by atoms with van der Waals surface area (Å²) in [6.07, 6.45) is 3.17. The zero-order chi connectivity index (χ0) is 17.3. The van der Waals surface area contributed by atoms with Gasteiger partial charge in [0.15, 0.2) is 0 Å². The van der Waals surface area contributed by atoms with E-state index in [1.165, 1.54) is 12.1 Å². The number of aromatic carboxylic acids is 1. The summed E-state index contributed by atoms with van der Waals surface area (Å²) >= 11 is 0. The molecule has 0 saturated heterocycles. The highest BCUT2D eigenvalue weighted by Gasteiger charge is 2.24. The molecule has 0 aliphatic heterocycles. The van der Waals surface area contributed by atoms with Crippen molar-refractivity contribution in [3.8, 4) is 11.3 Å². The molecule has 0 amide bonds. The van der Waals surface area contributed by atoms with Gasteiger partial charge in [0.1, 0.15) is 23.5 Å². The molecule has 0 bridgehead atoms. The van der Waals surface area contributed by atoms with E-state index in [2.05, 4.69) is 9.97 Å². The van der Waals surface area contributed by atoms with Gasteiger partial charge in [-0.05, 0) is 37.8 Å². The van der Waals surface area contributed by atoms with E-state index in [-0.39, 0.29) is 11.7 Å². The molecule has 5 nitrogen and oxygen atoms in total. The zero-order valence-corrected chi connectivity index (χ0v) is 12.9. The van der Waals surface area contributed by atoms with E-state index in [9.17, 15) is 13.6 Å². The first kappa shape index (κ1) is 16.3. The van der Waals surface area contributed by atoms with Crippen molar-refractivity contribution in [2.45, 2.75) is 37.8 Å². The lowest BCUT2D eigenvalue weighted by Crippen LogP contribution is -2.15. The Morgan fingerprint density at radius 2 is 1.96 bits per heavy atom. The number of rotatable bonds is 3. The smallest absolute Gasteiger partial charge is 0.338 e. The minimum Gasteiger partial charge on any atom is -0.478 e. The highest BCUT2D eigenvalue weighted by Crippen LogP contribution is 2.34. The van der Waals surface area contributed by atoms with Crippen molar-refractivity contribution in [3.63, 3.8) is 0 Å². The van der Waals surface area contributed by atoms with Gasteiger partial charge in [-0.2, -0.15) is 0 Å². The fourth-order valence-corrected chi connectivity index (χ4v) is 3.01. The summed E-state index contributed by atoms with van der Waals surface area (Å²) in [5.74, 6) is -1.95. The SMILES string of the molecule is Nc1ncc([C@H]2CC[C@@H](F)CC2)nc1-c1ccc(C(=O)O)c(F)c1. The molecule has 2 aromatic rings. The second-order valence-corrected chi connectivity index (χ2v) is 5.98. The third kappa shape index (κ3) is 3.20. The van der Waals surface area contributed by atoms with Gasteiger partial charge in [-0.15, -0.1) is 0 Å². The number of carboxylic acid groups (broad SMARTS) is 1. The van der Waals surface area contributed by atoms with Crippen LogP contribution in [0, 0.1) is 5.82 Å². The maximum absolute atomic E-state index is 13.9. The molecule has 0 radical (unpaired) electrons. The number of alkyl halides is 1. The van der Waals surface area contributed by atoms with Crippen LogP contribution in [0.15, 0.2) is 24.4 Å². The van der Waals surface area contributed by atoms with Gasteiger partial charge in [0, 0.05) is 11.5 Å². The van der Waals surface area contributed by atoms with Crippen LogP contribution in [0.3, 0.4) is 0 Å². The maximum atomic E-state index is 13.9. The Kier molecular flexibility index (Phi) is 4.42. The summed E-state index contributed by atoms with van der Waals surface area (Å²) in [6.45, 7) is 0. The summed E-state index contributed by atoms with van der Waals surface area (Å²) in [5, 5.41) is 8.89. The first-order valence-corrected chi connectivity index (χ1v) is 7.75. The molecule has 1 saturated carbocycles. The molecule has 1 heterocycles. The van der Waals surface area contributed by atoms with Crippen molar-refractivity contribution in [1.82, 2.24) is 9.97 Å². The Morgan fingerprint density at radius 1 is 1.25 bits per heavy atom. The first-order chi connectivity index (χ1) is 11.5. The Hall–Kier alpha value is -2.57. The Morgan fingerprint density at radius 3 is 2.58 bits per heavy atom. The molecule has 1 aromatic heterocycles. The molecule has 1 fully saturated rings. The number of nitrogens with two attached hydrogens (primary N) is 1. The third-order valence-corrected chi connectivity index (χ3v) is 4.37. The molecular weight excluding hydrogens is 316 g/mol. The number of halogens is 2. The summed E-state index contributed by atoms with van der Waals surface area (Å²) < 4.78 is 27.2. The van der Waals surface area contributed by atoms with E-state index < -0.39 is 23.5 Å². The van der Waals surface area contributed by atoms with Gasteiger partial charge in [0.05, 0.1) is 17.5 Å². The van der Waals surface area contributed by atoms with Crippen LogP contribution in [-0.2, 0) is 0 Å². The van der Waals surface area contributed by atoms with E-state index in [0.717, 1.165) is 6.07 Å². The molecule has 3 N–H and O–H groups in total. The lowest BCUT2D eigenvalue weighted by molar-refractivity contribution is 0.0692. The van der Waals surface area contributed by atoms with Crippen LogP contribution < -0.4 is 5.73 Å². The maximum Gasteiger partial charge on any atom is 0.338 e. The number of anilines is 1. The highest BCUT2D eigenvalue weighted by molar-refractivity contribution is 5.88. The Labute approximate surface area is 137 Å². The lowest BCUT2D eigenvalue weighted by atomic mass is 9.86. The number of hydrogen-bond acceptors (Lipinski definition) is 4. The number of carboxylic acids is 1. The normalized spacial score (nSPS) is 20.8. The van der Waals surface area contributed by atoms with Crippen LogP contribution >= 0.6 is 0 Å². The van der Waals surface area contributed by atoms with Crippen LogP contribution in [0.4, 0.5) is 14.6 Å². The minimum atomic E-state index is -1.34. The Bertz CT molecular complexity index is 774. The first-order valence-electron chi connectivity index (χ1n) is 7.75. The molecule has 7 heteroatoms. The quantitative estimate of drug-likeness (QED) is 0.896. The van der Waals surface area contributed by atoms with E-state index >= 15 is 0 Å². The second kappa shape index (κ2) is 6.51. The monoisotopic (exact) mass is 333 g/mol. The number of aromatic nitrogens is 2. The summed E-state index contributed by atoms with van der Waals surface area (Å²) in [5.41, 5.74) is 6.81. The fraction of sp³-hybridized carbons (Fsp3) is 0.353. The van der Waals surface area contributed by atoms with E-state index in [1.807, 2.05) is 0 Å². The molecule has 24 heavy (non-hydrogen) atoms. The third-order valence-electron chi connectivity index (χ3n) is 4.37. The average Bonchev–Trinajstić information content (AvgIpc) is 2.55. The summed E-state index contributed by atoms with van der Waals surface area (Å²) in [4.78, 5) is 19.5. The molecule has 1 aliphatic carbocycles. The molecule has 126 valence electrons. The number of carbonyl (C=O) groups is 1. The fourth-order valence-electron chi connectivity index (χ4n) is 3.01. The molecule has 0 spiro atoms. The van der Waals surface area contributed by atoms with Crippen LogP contribution in [-0.4, -0.2) is 27.2 Å². The van der Waals surface area contributed by atoms with Crippen molar-refractivity contribution in [2.75, 3.05) is 5.73 Å². The van der Waals surface area contributed by atoms with Gasteiger partial charge in [-0.25, -0.2) is 23.5 Å². The van der Waals surface area contributed by atoms with Crippen molar-refractivity contribution >= 4 is 11.8 Å². The van der Waals surface area contributed by atoms with E-state index in [0.29, 0.717) is 42.6 Å². The topological polar surface area (TPSA) is 89.1 Å². The highest BCUT2D eigenvalue weighted by atomic mass is 19.1. The minimum absolute atomic E-state index is 0.104.